The van der Waals surface area contributed by atoms with Crippen LogP contribution >= 0.6 is 0 Å². The van der Waals surface area contributed by atoms with Crippen LogP contribution in [0.25, 0.3) is 0 Å². The predicted octanol–water partition coefficient (Wildman–Crippen LogP) is 1.50. The molecule has 19 heavy (non-hydrogen) atoms. The third kappa shape index (κ3) is 6.36. The smallest absolute Gasteiger partial charge is 0.325 e. The minimum Gasteiger partial charge on any atom is -0.468 e. The lowest BCUT2D eigenvalue weighted by atomic mass is 9.94. The van der Waals surface area contributed by atoms with E-state index in [9.17, 15) is 4.79 Å². The van der Waals surface area contributed by atoms with E-state index in [1.165, 1.54) is 7.11 Å². The molecule has 1 N–H and O–H groups in total. The molecule has 5 heteroatoms. The molecule has 1 saturated carbocycles. The van der Waals surface area contributed by atoms with Crippen molar-refractivity contribution in [2.24, 2.45) is 0 Å². The van der Waals surface area contributed by atoms with Gasteiger partial charge in [0.2, 0.25) is 0 Å². The summed E-state index contributed by atoms with van der Waals surface area (Å²) < 4.78 is 15.2. The Morgan fingerprint density at radius 3 is 2.53 bits per heavy atom. The average molecular weight is 273 g/mol. The van der Waals surface area contributed by atoms with Gasteiger partial charge in [0, 0.05) is 19.8 Å². The molecule has 1 atom stereocenters. The molecular weight excluding hydrogens is 246 g/mol. The summed E-state index contributed by atoms with van der Waals surface area (Å²) in [6, 6.07) is 0.488. The third-order valence-corrected chi connectivity index (χ3v) is 3.38. The standard InChI is InChI=1S/C14H27NO4/c1-14(13(16)18-3,15-12-6-7-12)8-4-5-9-19-11-10-17-2/h12,15H,4-11H2,1-3H3. The number of nitrogens with one attached hydrogen (secondary N) is 1. The van der Waals surface area contributed by atoms with E-state index in [0.29, 0.717) is 25.9 Å². The molecule has 0 bridgehead atoms. The van der Waals surface area contributed by atoms with E-state index < -0.39 is 5.54 Å². The topological polar surface area (TPSA) is 56.8 Å². The number of esters is 1. The molecule has 0 spiro atoms. The van der Waals surface area contributed by atoms with Crippen molar-refractivity contribution < 1.29 is 19.0 Å². The van der Waals surface area contributed by atoms with Crippen LogP contribution in [-0.2, 0) is 19.0 Å². The first-order valence-electron chi connectivity index (χ1n) is 7.05. The zero-order valence-corrected chi connectivity index (χ0v) is 12.4. The maximum atomic E-state index is 11.9. The minimum atomic E-state index is -0.553. The van der Waals surface area contributed by atoms with Gasteiger partial charge in [-0.2, -0.15) is 0 Å². The molecule has 0 amide bonds. The van der Waals surface area contributed by atoms with Gasteiger partial charge in [-0.25, -0.2) is 0 Å². The first-order chi connectivity index (χ1) is 9.12. The molecular formula is C14H27NO4. The Kier molecular flexibility index (Phi) is 7.34. The molecule has 1 aliphatic rings. The van der Waals surface area contributed by atoms with Crippen LogP contribution in [0.4, 0.5) is 0 Å². The Balaban J connectivity index is 2.19. The van der Waals surface area contributed by atoms with E-state index in [4.69, 9.17) is 14.2 Å². The van der Waals surface area contributed by atoms with Crippen LogP contribution in [0.2, 0.25) is 0 Å². The Bertz CT molecular complexity index is 268. The molecule has 1 aliphatic carbocycles. The van der Waals surface area contributed by atoms with Gasteiger partial charge in [0.25, 0.3) is 0 Å². The number of methoxy groups -OCH3 is 2. The Labute approximate surface area is 116 Å². The summed E-state index contributed by atoms with van der Waals surface area (Å²) in [5.74, 6) is -0.167. The van der Waals surface area contributed by atoms with Gasteiger partial charge in [-0.05, 0) is 39.0 Å². The fraction of sp³-hybridized carbons (Fsp3) is 0.929. The van der Waals surface area contributed by atoms with E-state index >= 15 is 0 Å². The highest BCUT2D eigenvalue weighted by molar-refractivity contribution is 5.80. The van der Waals surface area contributed by atoms with E-state index in [0.717, 1.165) is 32.1 Å². The summed E-state index contributed by atoms with van der Waals surface area (Å²) in [6.45, 7) is 3.90. The van der Waals surface area contributed by atoms with E-state index in [1.54, 1.807) is 7.11 Å². The monoisotopic (exact) mass is 273 g/mol. The van der Waals surface area contributed by atoms with Gasteiger partial charge in [-0.1, -0.05) is 0 Å². The quantitative estimate of drug-likeness (QED) is 0.457. The van der Waals surface area contributed by atoms with Crippen LogP contribution in [0, 0.1) is 0 Å². The fourth-order valence-corrected chi connectivity index (χ4v) is 2.06. The number of ether oxygens (including phenoxy) is 3. The molecule has 1 rings (SSSR count). The SMILES string of the molecule is COCCOCCCCC(C)(NC1CC1)C(=O)OC. The zero-order valence-electron chi connectivity index (χ0n) is 12.4. The molecule has 112 valence electrons. The molecule has 0 radical (unpaired) electrons. The first-order valence-corrected chi connectivity index (χ1v) is 7.05. The summed E-state index contributed by atoms with van der Waals surface area (Å²) in [6.07, 6.45) is 4.99. The lowest BCUT2D eigenvalue weighted by Crippen LogP contribution is -2.51. The Morgan fingerprint density at radius 1 is 1.21 bits per heavy atom. The first kappa shape index (κ1) is 16.4. The lowest BCUT2D eigenvalue weighted by molar-refractivity contribution is -0.148. The highest BCUT2D eigenvalue weighted by Gasteiger charge is 2.38. The van der Waals surface area contributed by atoms with Crippen molar-refractivity contribution in [2.75, 3.05) is 34.0 Å². The van der Waals surface area contributed by atoms with Crippen molar-refractivity contribution >= 4 is 5.97 Å². The predicted molar refractivity (Wildman–Crippen MR) is 73.1 cm³/mol. The van der Waals surface area contributed by atoms with Crippen molar-refractivity contribution in [1.82, 2.24) is 5.32 Å². The van der Waals surface area contributed by atoms with E-state index in [1.807, 2.05) is 6.92 Å². The Hall–Kier alpha value is -0.650. The van der Waals surface area contributed by atoms with Crippen molar-refractivity contribution in [1.29, 1.82) is 0 Å². The zero-order chi connectivity index (χ0) is 14.1. The summed E-state index contributed by atoms with van der Waals surface area (Å²) in [5, 5.41) is 3.39. The largest absolute Gasteiger partial charge is 0.468 e. The van der Waals surface area contributed by atoms with Crippen molar-refractivity contribution in [3.8, 4) is 0 Å². The van der Waals surface area contributed by atoms with Gasteiger partial charge in [0.1, 0.15) is 5.54 Å². The molecule has 0 aromatic carbocycles. The van der Waals surface area contributed by atoms with Gasteiger partial charge in [0.15, 0.2) is 0 Å². The molecule has 0 aromatic rings. The highest BCUT2D eigenvalue weighted by Crippen LogP contribution is 2.26. The molecule has 0 heterocycles. The van der Waals surface area contributed by atoms with Gasteiger partial charge < -0.3 is 14.2 Å². The van der Waals surface area contributed by atoms with Gasteiger partial charge in [0.05, 0.1) is 20.3 Å². The third-order valence-electron chi connectivity index (χ3n) is 3.38. The summed E-state index contributed by atoms with van der Waals surface area (Å²) in [7, 11) is 3.11. The second kappa shape index (κ2) is 8.51. The van der Waals surface area contributed by atoms with Gasteiger partial charge >= 0.3 is 5.97 Å². The number of unbranched alkanes of at least 4 members (excludes halogenated alkanes) is 1. The maximum Gasteiger partial charge on any atom is 0.325 e. The second-order valence-corrected chi connectivity index (χ2v) is 5.30. The van der Waals surface area contributed by atoms with Crippen LogP contribution in [-0.4, -0.2) is 51.6 Å². The van der Waals surface area contributed by atoms with Crippen LogP contribution in [0.1, 0.15) is 39.0 Å². The van der Waals surface area contributed by atoms with E-state index in [2.05, 4.69) is 5.32 Å². The molecule has 5 nitrogen and oxygen atoms in total. The number of hydrogen-bond donors (Lipinski definition) is 1. The van der Waals surface area contributed by atoms with Crippen molar-refractivity contribution in [2.45, 2.75) is 50.6 Å². The molecule has 1 fully saturated rings. The minimum absolute atomic E-state index is 0.167. The summed E-state index contributed by atoms with van der Waals surface area (Å²) in [4.78, 5) is 11.9. The summed E-state index contributed by atoms with van der Waals surface area (Å²) >= 11 is 0. The number of hydrogen-bond acceptors (Lipinski definition) is 5. The maximum absolute atomic E-state index is 11.9. The van der Waals surface area contributed by atoms with Crippen LogP contribution in [0.3, 0.4) is 0 Å². The number of rotatable bonds is 11. The molecule has 0 aliphatic heterocycles. The van der Waals surface area contributed by atoms with Gasteiger partial charge in [-0.3, -0.25) is 10.1 Å². The number of carbonyl (C=O) groups excluding carboxylic acids is 1. The molecule has 1 unspecified atom stereocenters. The van der Waals surface area contributed by atoms with Crippen LogP contribution in [0.5, 0.6) is 0 Å². The Morgan fingerprint density at radius 2 is 1.95 bits per heavy atom. The average Bonchev–Trinajstić information content (AvgIpc) is 3.20. The molecule has 0 saturated heterocycles. The van der Waals surface area contributed by atoms with Crippen molar-refractivity contribution in [3.05, 3.63) is 0 Å². The fourth-order valence-electron chi connectivity index (χ4n) is 2.06. The second-order valence-electron chi connectivity index (χ2n) is 5.30. The summed E-state index contributed by atoms with van der Waals surface area (Å²) in [5.41, 5.74) is -0.553. The lowest BCUT2D eigenvalue weighted by Gasteiger charge is -2.28. The normalized spacial score (nSPS) is 18.1. The van der Waals surface area contributed by atoms with E-state index in [-0.39, 0.29) is 5.97 Å². The molecule has 0 aromatic heterocycles. The van der Waals surface area contributed by atoms with Gasteiger partial charge in [-0.15, -0.1) is 0 Å². The highest BCUT2D eigenvalue weighted by atomic mass is 16.5. The number of carbonyl (C=O) groups is 1. The van der Waals surface area contributed by atoms with Crippen LogP contribution in [0.15, 0.2) is 0 Å². The van der Waals surface area contributed by atoms with Crippen LogP contribution < -0.4 is 5.32 Å². The van der Waals surface area contributed by atoms with Crippen molar-refractivity contribution in [3.63, 3.8) is 0 Å².